The molecule has 0 saturated carbocycles. The molecule has 1 saturated heterocycles. The first-order valence-electron chi connectivity index (χ1n) is 6.51. The van der Waals surface area contributed by atoms with E-state index in [-0.39, 0.29) is 25.0 Å². The summed E-state index contributed by atoms with van der Waals surface area (Å²) in [7, 11) is -3.14. The molecule has 0 radical (unpaired) electrons. The number of amides is 1. The zero-order valence-electron chi connectivity index (χ0n) is 11.2. The van der Waals surface area contributed by atoms with Crippen LogP contribution in [0.1, 0.15) is 26.2 Å². The van der Waals surface area contributed by atoms with Crippen molar-refractivity contribution in [1.82, 2.24) is 9.62 Å². The van der Waals surface area contributed by atoms with Crippen molar-refractivity contribution in [1.29, 1.82) is 0 Å². The number of rotatable bonds is 6. The second-order valence-corrected chi connectivity index (χ2v) is 6.58. The summed E-state index contributed by atoms with van der Waals surface area (Å²) < 4.78 is 29.9. The van der Waals surface area contributed by atoms with Gasteiger partial charge < -0.3 is 15.2 Å². The normalized spacial score (nSPS) is 18.2. The van der Waals surface area contributed by atoms with Gasteiger partial charge in [-0.25, -0.2) is 17.5 Å². The Morgan fingerprint density at radius 3 is 2.58 bits per heavy atom. The first kappa shape index (κ1) is 16.2. The number of hydrogen-bond acceptors (Lipinski definition) is 5. The summed E-state index contributed by atoms with van der Waals surface area (Å²) in [6.45, 7) is 2.44. The fourth-order valence-corrected chi connectivity index (χ4v) is 3.55. The van der Waals surface area contributed by atoms with Gasteiger partial charge in [-0.05, 0) is 19.3 Å². The van der Waals surface area contributed by atoms with Gasteiger partial charge in [-0.2, -0.15) is 0 Å². The zero-order valence-corrected chi connectivity index (χ0v) is 12.0. The van der Waals surface area contributed by atoms with Crippen molar-refractivity contribution in [2.75, 3.05) is 32.1 Å². The Labute approximate surface area is 114 Å². The van der Waals surface area contributed by atoms with E-state index in [0.717, 1.165) is 0 Å². The van der Waals surface area contributed by atoms with Crippen molar-refractivity contribution in [3.63, 3.8) is 0 Å². The molecule has 1 amide bonds. The molecular formula is C11H22N2O5S. The number of aliphatic hydroxyl groups is 1. The van der Waals surface area contributed by atoms with E-state index in [2.05, 4.69) is 5.32 Å². The number of piperidine rings is 1. The van der Waals surface area contributed by atoms with Crippen LogP contribution in [0.5, 0.6) is 0 Å². The van der Waals surface area contributed by atoms with Gasteiger partial charge in [-0.15, -0.1) is 0 Å². The molecule has 0 aromatic heterocycles. The van der Waals surface area contributed by atoms with Gasteiger partial charge in [0.05, 0.1) is 12.4 Å². The van der Waals surface area contributed by atoms with E-state index >= 15 is 0 Å². The topological polar surface area (TPSA) is 95.9 Å². The SMILES string of the molecule is CCCS(=O)(=O)N1CCC(NC(=O)OCCO)CC1. The second kappa shape index (κ2) is 7.66. The Bertz CT molecular complexity index is 377. The number of ether oxygens (including phenoxy) is 1. The molecule has 1 aliphatic heterocycles. The minimum atomic E-state index is -3.14. The molecule has 0 spiro atoms. The molecule has 112 valence electrons. The minimum absolute atomic E-state index is 0.0322. The van der Waals surface area contributed by atoms with Gasteiger partial charge in [0.1, 0.15) is 6.61 Å². The van der Waals surface area contributed by atoms with Crippen LogP contribution in [-0.4, -0.2) is 62.0 Å². The Morgan fingerprint density at radius 2 is 2.05 bits per heavy atom. The van der Waals surface area contributed by atoms with Crippen molar-refractivity contribution in [2.24, 2.45) is 0 Å². The first-order valence-corrected chi connectivity index (χ1v) is 8.12. The second-order valence-electron chi connectivity index (χ2n) is 4.49. The van der Waals surface area contributed by atoms with Gasteiger partial charge in [0.2, 0.25) is 10.0 Å². The van der Waals surface area contributed by atoms with Crippen LogP contribution in [0.15, 0.2) is 0 Å². The summed E-state index contributed by atoms with van der Waals surface area (Å²) in [6.07, 6.45) is 1.20. The quantitative estimate of drug-likeness (QED) is 0.713. The third-order valence-electron chi connectivity index (χ3n) is 2.96. The van der Waals surface area contributed by atoms with Gasteiger partial charge in [0.15, 0.2) is 0 Å². The van der Waals surface area contributed by atoms with Gasteiger partial charge >= 0.3 is 6.09 Å². The van der Waals surface area contributed by atoms with Crippen LogP contribution in [0.3, 0.4) is 0 Å². The van der Waals surface area contributed by atoms with Crippen molar-refractivity contribution < 1.29 is 23.1 Å². The fraction of sp³-hybridized carbons (Fsp3) is 0.909. The molecule has 8 heteroatoms. The Kier molecular flexibility index (Phi) is 6.53. The molecular weight excluding hydrogens is 272 g/mol. The predicted octanol–water partition coefficient (Wildman–Crippen LogP) is -0.0909. The maximum atomic E-state index is 11.8. The van der Waals surface area contributed by atoms with Gasteiger partial charge in [-0.1, -0.05) is 6.92 Å². The summed E-state index contributed by atoms with van der Waals surface area (Å²) in [5.74, 6) is 0.170. The lowest BCUT2D eigenvalue weighted by atomic mass is 10.1. The van der Waals surface area contributed by atoms with Gasteiger partial charge in [-0.3, -0.25) is 0 Å². The number of sulfonamides is 1. The molecule has 0 bridgehead atoms. The molecule has 0 unspecified atom stereocenters. The number of hydrogen-bond donors (Lipinski definition) is 2. The van der Waals surface area contributed by atoms with Gasteiger partial charge in [0.25, 0.3) is 0 Å². The van der Waals surface area contributed by atoms with Crippen molar-refractivity contribution in [3.05, 3.63) is 0 Å². The van der Waals surface area contributed by atoms with E-state index in [1.165, 1.54) is 4.31 Å². The number of nitrogens with one attached hydrogen (secondary N) is 1. The lowest BCUT2D eigenvalue weighted by molar-refractivity contribution is 0.113. The van der Waals surface area contributed by atoms with E-state index < -0.39 is 16.1 Å². The number of alkyl carbamates (subject to hydrolysis) is 1. The highest BCUT2D eigenvalue weighted by atomic mass is 32.2. The minimum Gasteiger partial charge on any atom is -0.447 e. The average molecular weight is 294 g/mol. The summed E-state index contributed by atoms with van der Waals surface area (Å²) in [5.41, 5.74) is 0. The number of carbonyl (C=O) groups is 1. The molecule has 2 N–H and O–H groups in total. The number of aliphatic hydroxyl groups excluding tert-OH is 1. The standard InChI is InChI=1S/C11H22N2O5S/c1-2-9-19(16,17)13-5-3-10(4-6-13)12-11(15)18-8-7-14/h10,14H,2-9H2,1H3,(H,12,15). The molecule has 0 aromatic rings. The van der Waals surface area contributed by atoms with E-state index in [9.17, 15) is 13.2 Å². The molecule has 0 aliphatic carbocycles. The Hall–Kier alpha value is -0.860. The molecule has 1 rings (SSSR count). The van der Waals surface area contributed by atoms with Crippen LogP contribution >= 0.6 is 0 Å². The third-order valence-corrected chi connectivity index (χ3v) is 5.03. The fourth-order valence-electron chi connectivity index (χ4n) is 2.01. The molecule has 19 heavy (non-hydrogen) atoms. The zero-order chi connectivity index (χ0) is 14.3. The maximum Gasteiger partial charge on any atom is 0.407 e. The summed E-state index contributed by atoms with van der Waals surface area (Å²) >= 11 is 0. The molecule has 1 aliphatic rings. The Morgan fingerprint density at radius 1 is 1.42 bits per heavy atom. The summed E-state index contributed by atoms with van der Waals surface area (Å²) in [5, 5.41) is 11.2. The monoisotopic (exact) mass is 294 g/mol. The average Bonchev–Trinajstić information content (AvgIpc) is 2.37. The highest BCUT2D eigenvalue weighted by Gasteiger charge is 2.28. The molecule has 0 aromatic carbocycles. The van der Waals surface area contributed by atoms with Crippen LogP contribution in [-0.2, 0) is 14.8 Å². The predicted molar refractivity (Wildman–Crippen MR) is 70.2 cm³/mol. The molecule has 1 fully saturated rings. The van der Waals surface area contributed by atoms with Gasteiger partial charge in [0, 0.05) is 19.1 Å². The van der Waals surface area contributed by atoms with Crippen LogP contribution in [0, 0.1) is 0 Å². The largest absolute Gasteiger partial charge is 0.447 e. The Balaban J connectivity index is 2.35. The third kappa shape index (κ3) is 5.33. The van der Waals surface area contributed by atoms with Crippen molar-refractivity contribution in [2.45, 2.75) is 32.2 Å². The maximum absolute atomic E-state index is 11.8. The lowest BCUT2D eigenvalue weighted by Gasteiger charge is -2.31. The van der Waals surface area contributed by atoms with Crippen molar-refractivity contribution >= 4 is 16.1 Å². The number of carbonyl (C=O) groups excluding carboxylic acids is 1. The smallest absolute Gasteiger partial charge is 0.407 e. The van der Waals surface area contributed by atoms with E-state index in [1.54, 1.807) is 0 Å². The van der Waals surface area contributed by atoms with Crippen LogP contribution < -0.4 is 5.32 Å². The summed E-state index contributed by atoms with van der Waals surface area (Å²) in [4.78, 5) is 11.3. The van der Waals surface area contributed by atoms with Crippen LogP contribution in [0.25, 0.3) is 0 Å². The molecule has 7 nitrogen and oxygen atoms in total. The molecule has 1 heterocycles. The van der Waals surface area contributed by atoms with E-state index in [0.29, 0.717) is 32.4 Å². The van der Waals surface area contributed by atoms with Crippen LogP contribution in [0.4, 0.5) is 4.79 Å². The highest BCUT2D eigenvalue weighted by molar-refractivity contribution is 7.89. The number of nitrogens with zero attached hydrogens (tertiary/aromatic N) is 1. The van der Waals surface area contributed by atoms with Crippen molar-refractivity contribution in [3.8, 4) is 0 Å². The van der Waals surface area contributed by atoms with E-state index in [1.807, 2.05) is 6.92 Å². The molecule has 0 atom stereocenters. The van der Waals surface area contributed by atoms with Crippen LogP contribution in [0.2, 0.25) is 0 Å². The summed E-state index contributed by atoms with van der Waals surface area (Å²) in [6, 6.07) is -0.0701. The first-order chi connectivity index (χ1) is 8.99. The van der Waals surface area contributed by atoms with E-state index in [4.69, 9.17) is 9.84 Å². The lowest BCUT2D eigenvalue weighted by Crippen LogP contribution is -2.47. The highest BCUT2D eigenvalue weighted by Crippen LogP contribution is 2.15.